The van der Waals surface area contributed by atoms with Gasteiger partial charge in [0.25, 0.3) is 0 Å². The van der Waals surface area contributed by atoms with Crippen molar-refractivity contribution in [2.45, 2.75) is 6.92 Å². The SMILES string of the molecule is Cc1cc(Br)cc2[nH]c(-c3ccc(F)c(F)c3)nc12. The Labute approximate surface area is 116 Å². The summed E-state index contributed by atoms with van der Waals surface area (Å²) in [5, 5.41) is 0. The highest BCUT2D eigenvalue weighted by molar-refractivity contribution is 9.10. The smallest absolute Gasteiger partial charge is 0.159 e. The van der Waals surface area contributed by atoms with Crippen LogP contribution in [-0.2, 0) is 0 Å². The highest BCUT2D eigenvalue weighted by Gasteiger charge is 2.10. The van der Waals surface area contributed by atoms with Crippen molar-refractivity contribution in [3.63, 3.8) is 0 Å². The first-order valence-electron chi connectivity index (χ1n) is 5.66. The maximum Gasteiger partial charge on any atom is 0.159 e. The number of aromatic nitrogens is 2. The van der Waals surface area contributed by atoms with E-state index in [0.29, 0.717) is 11.4 Å². The third-order valence-electron chi connectivity index (χ3n) is 2.93. The fourth-order valence-corrected chi connectivity index (χ4v) is 2.60. The van der Waals surface area contributed by atoms with E-state index in [1.54, 1.807) is 0 Å². The molecule has 19 heavy (non-hydrogen) atoms. The van der Waals surface area contributed by atoms with Crippen molar-refractivity contribution in [1.29, 1.82) is 0 Å². The van der Waals surface area contributed by atoms with Gasteiger partial charge in [-0.15, -0.1) is 0 Å². The van der Waals surface area contributed by atoms with Gasteiger partial charge in [0.05, 0.1) is 11.0 Å². The molecule has 2 aromatic carbocycles. The summed E-state index contributed by atoms with van der Waals surface area (Å²) in [7, 11) is 0. The Morgan fingerprint density at radius 2 is 1.89 bits per heavy atom. The van der Waals surface area contributed by atoms with E-state index in [-0.39, 0.29) is 0 Å². The van der Waals surface area contributed by atoms with Gasteiger partial charge in [0.1, 0.15) is 5.82 Å². The second-order valence-corrected chi connectivity index (χ2v) is 5.25. The number of fused-ring (bicyclic) bond motifs is 1. The van der Waals surface area contributed by atoms with Crippen LogP contribution in [0, 0.1) is 18.6 Å². The van der Waals surface area contributed by atoms with Gasteiger partial charge in [0.2, 0.25) is 0 Å². The number of imidazole rings is 1. The highest BCUT2D eigenvalue weighted by atomic mass is 79.9. The van der Waals surface area contributed by atoms with E-state index in [4.69, 9.17) is 0 Å². The van der Waals surface area contributed by atoms with Crippen LogP contribution in [0.25, 0.3) is 22.4 Å². The lowest BCUT2D eigenvalue weighted by Gasteiger charge is -1.97. The van der Waals surface area contributed by atoms with Crippen molar-refractivity contribution in [3.05, 3.63) is 52.0 Å². The van der Waals surface area contributed by atoms with Crippen molar-refractivity contribution in [2.24, 2.45) is 0 Å². The molecule has 96 valence electrons. The molecule has 0 aliphatic rings. The fourth-order valence-electron chi connectivity index (χ4n) is 2.03. The molecule has 1 N–H and O–H groups in total. The number of hydrogen-bond donors (Lipinski definition) is 1. The highest BCUT2D eigenvalue weighted by Crippen LogP contribution is 2.26. The Balaban J connectivity index is 2.20. The second kappa shape index (κ2) is 4.42. The average molecular weight is 323 g/mol. The normalized spacial score (nSPS) is 11.2. The number of nitrogens with one attached hydrogen (secondary N) is 1. The van der Waals surface area contributed by atoms with E-state index in [0.717, 1.165) is 33.2 Å². The average Bonchev–Trinajstić information content (AvgIpc) is 2.76. The number of hydrogen-bond acceptors (Lipinski definition) is 1. The molecule has 0 amide bonds. The van der Waals surface area contributed by atoms with Crippen LogP contribution in [0.1, 0.15) is 5.56 Å². The molecule has 5 heteroatoms. The molecule has 0 atom stereocenters. The van der Waals surface area contributed by atoms with Crippen LogP contribution in [-0.4, -0.2) is 9.97 Å². The molecule has 3 aromatic rings. The van der Waals surface area contributed by atoms with Gasteiger partial charge in [-0.2, -0.15) is 0 Å². The maximum absolute atomic E-state index is 13.2. The van der Waals surface area contributed by atoms with Crippen molar-refractivity contribution in [2.75, 3.05) is 0 Å². The molecule has 1 heterocycles. The van der Waals surface area contributed by atoms with E-state index in [2.05, 4.69) is 25.9 Å². The summed E-state index contributed by atoms with van der Waals surface area (Å²) in [6.07, 6.45) is 0. The topological polar surface area (TPSA) is 28.7 Å². The van der Waals surface area contributed by atoms with E-state index < -0.39 is 11.6 Å². The lowest BCUT2D eigenvalue weighted by atomic mass is 10.2. The number of H-pyrrole nitrogens is 1. The lowest BCUT2D eigenvalue weighted by molar-refractivity contribution is 0.509. The van der Waals surface area contributed by atoms with Crippen LogP contribution >= 0.6 is 15.9 Å². The van der Waals surface area contributed by atoms with Crippen molar-refractivity contribution in [1.82, 2.24) is 9.97 Å². The third-order valence-corrected chi connectivity index (χ3v) is 3.39. The van der Waals surface area contributed by atoms with E-state index in [9.17, 15) is 8.78 Å². The zero-order valence-corrected chi connectivity index (χ0v) is 11.6. The Morgan fingerprint density at radius 1 is 1.11 bits per heavy atom. The number of halogens is 3. The Bertz CT molecular complexity index is 780. The Morgan fingerprint density at radius 3 is 2.63 bits per heavy atom. The number of aromatic amines is 1. The summed E-state index contributed by atoms with van der Waals surface area (Å²) in [5.74, 6) is -1.22. The summed E-state index contributed by atoms with van der Waals surface area (Å²) >= 11 is 3.41. The van der Waals surface area contributed by atoms with Gasteiger partial charge in [-0.3, -0.25) is 0 Å². The number of rotatable bonds is 1. The standard InChI is InChI=1S/C14H9BrF2N2/c1-7-4-9(15)6-12-13(7)19-14(18-12)8-2-3-10(16)11(17)5-8/h2-6H,1H3,(H,18,19). The molecular formula is C14H9BrF2N2. The molecule has 0 unspecified atom stereocenters. The van der Waals surface area contributed by atoms with Crippen LogP contribution in [0.4, 0.5) is 8.78 Å². The maximum atomic E-state index is 13.2. The van der Waals surface area contributed by atoms with Gasteiger partial charge in [0.15, 0.2) is 11.6 Å². The van der Waals surface area contributed by atoms with Gasteiger partial charge in [-0.1, -0.05) is 15.9 Å². The van der Waals surface area contributed by atoms with Crippen molar-refractivity contribution in [3.8, 4) is 11.4 Å². The van der Waals surface area contributed by atoms with Crippen LogP contribution in [0.3, 0.4) is 0 Å². The molecule has 0 aliphatic heterocycles. The van der Waals surface area contributed by atoms with E-state index in [1.165, 1.54) is 6.07 Å². The first-order valence-corrected chi connectivity index (χ1v) is 6.45. The minimum absolute atomic E-state index is 0.519. The molecule has 0 bridgehead atoms. The zero-order valence-electron chi connectivity index (χ0n) is 9.97. The summed E-state index contributed by atoms with van der Waals surface area (Å²) in [6.45, 7) is 1.95. The number of nitrogens with zero attached hydrogens (tertiary/aromatic N) is 1. The Hall–Kier alpha value is -1.75. The molecule has 0 saturated carbocycles. The predicted molar refractivity (Wildman–Crippen MR) is 73.9 cm³/mol. The molecule has 0 radical (unpaired) electrons. The summed E-state index contributed by atoms with van der Waals surface area (Å²) < 4.78 is 27.1. The monoisotopic (exact) mass is 322 g/mol. The molecule has 2 nitrogen and oxygen atoms in total. The number of benzene rings is 2. The van der Waals surface area contributed by atoms with Crippen LogP contribution in [0.2, 0.25) is 0 Å². The van der Waals surface area contributed by atoms with Crippen LogP contribution < -0.4 is 0 Å². The minimum atomic E-state index is -0.879. The molecule has 3 rings (SSSR count). The van der Waals surface area contributed by atoms with Gasteiger partial charge >= 0.3 is 0 Å². The van der Waals surface area contributed by atoms with Crippen molar-refractivity contribution < 1.29 is 8.78 Å². The third kappa shape index (κ3) is 2.14. The molecule has 1 aromatic heterocycles. The zero-order chi connectivity index (χ0) is 13.6. The van der Waals surface area contributed by atoms with Crippen molar-refractivity contribution >= 4 is 27.0 Å². The summed E-state index contributed by atoms with van der Waals surface area (Å²) in [5.41, 5.74) is 3.20. The first-order chi connectivity index (χ1) is 9.04. The minimum Gasteiger partial charge on any atom is -0.338 e. The molecule has 0 fully saturated rings. The van der Waals surface area contributed by atoms with Gasteiger partial charge in [-0.05, 0) is 42.8 Å². The van der Waals surface area contributed by atoms with Crippen LogP contribution in [0.15, 0.2) is 34.8 Å². The molecule has 0 spiro atoms. The summed E-state index contributed by atoms with van der Waals surface area (Å²) in [6, 6.07) is 7.59. The van der Waals surface area contributed by atoms with E-state index >= 15 is 0 Å². The quantitative estimate of drug-likeness (QED) is 0.698. The number of aryl methyl sites for hydroxylation is 1. The summed E-state index contributed by atoms with van der Waals surface area (Å²) in [4.78, 5) is 7.54. The van der Waals surface area contributed by atoms with Gasteiger partial charge in [0, 0.05) is 10.0 Å². The first kappa shape index (κ1) is 12.3. The molecular weight excluding hydrogens is 314 g/mol. The molecule has 0 aliphatic carbocycles. The fraction of sp³-hybridized carbons (Fsp3) is 0.0714. The van der Waals surface area contributed by atoms with Gasteiger partial charge < -0.3 is 4.98 Å². The lowest BCUT2D eigenvalue weighted by Crippen LogP contribution is -1.86. The second-order valence-electron chi connectivity index (χ2n) is 4.33. The Kier molecular flexibility index (Phi) is 2.86. The predicted octanol–water partition coefficient (Wildman–Crippen LogP) is 4.58. The van der Waals surface area contributed by atoms with Crippen LogP contribution in [0.5, 0.6) is 0 Å². The van der Waals surface area contributed by atoms with E-state index in [1.807, 2.05) is 19.1 Å². The molecule has 0 saturated heterocycles. The van der Waals surface area contributed by atoms with Gasteiger partial charge in [-0.25, -0.2) is 13.8 Å². The largest absolute Gasteiger partial charge is 0.338 e.